The molecular formula is C10H15F3N2O2. The van der Waals surface area contributed by atoms with Gasteiger partial charge in [-0.2, -0.15) is 13.2 Å². The molecule has 1 amide bonds. The highest BCUT2D eigenvalue weighted by Gasteiger charge is 2.52. The van der Waals surface area contributed by atoms with Crippen molar-refractivity contribution in [1.29, 1.82) is 0 Å². The lowest BCUT2D eigenvalue weighted by atomic mass is 9.72. The highest BCUT2D eigenvalue weighted by molar-refractivity contribution is 5.76. The maximum atomic E-state index is 11.9. The van der Waals surface area contributed by atoms with Crippen LogP contribution in [-0.4, -0.2) is 36.9 Å². The summed E-state index contributed by atoms with van der Waals surface area (Å²) >= 11 is 0. The molecule has 0 bridgehead atoms. The Labute approximate surface area is 96.7 Å². The van der Waals surface area contributed by atoms with Gasteiger partial charge in [0, 0.05) is 25.0 Å². The lowest BCUT2D eigenvalue weighted by Gasteiger charge is -2.45. The number of carbonyl (C=O) groups is 1. The molecule has 1 heterocycles. The smallest absolute Gasteiger partial charge is 0.376 e. The Balaban J connectivity index is 1.76. The van der Waals surface area contributed by atoms with Crippen molar-refractivity contribution in [2.24, 2.45) is 11.7 Å². The van der Waals surface area contributed by atoms with Gasteiger partial charge in [-0.05, 0) is 6.42 Å². The van der Waals surface area contributed by atoms with Gasteiger partial charge in [-0.15, -0.1) is 0 Å². The number of hydrogen-bond donors (Lipinski definition) is 2. The summed E-state index contributed by atoms with van der Waals surface area (Å²) in [6.07, 6.45) is -5.20. The van der Waals surface area contributed by atoms with Gasteiger partial charge in [0.05, 0.1) is 18.6 Å². The van der Waals surface area contributed by atoms with E-state index in [1.807, 2.05) is 0 Å². The van der Waals surface area contributed by atoms with Gasteiger partial charge in [0.25, 0.3) is 0 Å². The van der Waals surface area contributed by atoms with Crippen LogP contribution in [0.15, 0.2) is 0 Å². The number of nitrogens with two attached hydrogens (primary N) is 1. The van der Waals surface area contributed by atoms with Crippen LogP contribution in [0.5, 0.6) is 0 Å². The van der Waals surface area contributed by atoms with Crippen LogP contribution < -0.4 is 11.1 Å². The first-order chi connectivity index (χ1) is 7.88. The number of rotatable bonds is 3. The van der Waals surface area contributed by atoms with Gasteiger partial charge >= 0.3 is 6.18 Å². The lowest BCUT2D eigenvalue weighted by Crippen LogP contribution is -2.68. The number of carbonyl (C=O) groups excluding carboxylic acids is 1. The van der Waals surface area contributed by atoms with Crippen molar-refractivity contribution >= 4 is 5.91 Å². The highest BCUT2D eigenvalue weighted by atomic mass is 19.4. The zero-order valence-electron chi connectivity index (χ0n) is 9.17. The third-order valence-corrected chi connectivity index (χ3v) is 3.41. The monoisotopic (exact) mass is 252 g/mol. The molecule has 0 aromatic heterocycles. The van der Waals surface area contributed by atoms with E-state index in [-0.39, 0.29) is 24.1 Å². The largest absolute Gasteiger partial charge is 0.389 e. The van der Waals surface area contributed by atoms with E-state index in [4.69, 9.17) is 10.5 Å². The van der Waals surface area contributed by atoms with Crippen molar-refractivity contribution in [1.82, 2.24) is 5.32 Å². The van der Waals surface area contributed by atoms with Crippen molar-refractivity contribution < 1.29 is 22.7 Å². The van der Waals surface area contributed by atoms with Crippen LogP contribution in [-0.2, 0) is 9.53 Å². The fourth-order valence-electron chi connectivity index (χ4n) is 2.44. The number of hydrogen-bond acceptors (Lipinski definition) is 3. The molecule has 0 aromatic carbocycles. The molecule has 4 atom stereocenters. The van der Waals surface area contributed by atoms with Crippen LogP contribution in [0.4, 0.5) is 13.2 Å². The van der Waals surface area contributed by atoms with Gasteiger partial charge in [-0.3, -0.25) is 4.79 Å². The third-order valence-electron chi connectivity index (χ3n) is 3.41. The van der Waals surface area contributed by atoms with Crippen molar-refractivity contribution in [2.45, 2.75) is 43.6 Å². The van der Waals surface area contributed by atoms with Crippen LogP contribution in [0.25, 0.3) is 0 Å². The van der Waals surface area contributed by atoms with Crippen LogP contribution in [0.3, 0.4) is 0 Å². The zero-order valence-corrected chi connectivity index (χ0v) is 9.17. The lowest BCUT2D eigenvalue weighted by molar-refractivity contribution is -0.145. The second-order valence-electron chi connectivity index (χ2n) is 4.57. The van der Waals surface area contributed by atoms with E-state index in [9.17, 15) is 18.0 Å². The summed E-state index contributed by atoms with van der Waals surface area (Å²) in [5, 5.41) is 2.52. The normalized spacial score (nSPS) is 36.2. The predicted octanol–water partition coefficient (Wildman–Crippen LogP) is 0.560. The Morgan fingerprint density at radius 3 is 2.82 bits per heavy atom. The minimum Gasteiger partial charge on any atom is -0.376 e. The Morgan fingerprint density at radius 2 is 2.18 bits per heavy atom. The van der Waals surface area contributed by atoms with E-state index in [1.54, 1.807) is 0 Å². The SMILES string of the molecule is NC1C2CCOC2C1NC(=O)CCC(F)(F)F. The highest BCUT2D eigenvalue weighted by Crippen LogP contribution is 2.37. The van der Waals surface area contributed by atoms with Gasteiger partial charge in [-0.25, -0.2) is 0 Å². The summed E-state index contributed by atoms with van der Waals surface area (Å²) in [5.41, 5.74) is 5.82. The molecule has 1 saturated carbocycles. The molecule has 2 rings (SSSR count). The van der Waals surface area contributed by atoms with E-state index in [0.717, 1.165) is 6.42 Å². The average molecular weight is 252 g/mol. The van der Waals surface area contributed by atoms with Gasteiger partial charge in [0.2, 0.25) is 5.91 Å². The molecule has 4 nitrogen and oxygen atoms in total. The summed E-state index contributed by atoms with van der Waals surface area (Å²) in [6.45, 7) is 0.609. The van der Waals surface area contributed by atoms with E-state index in [2.05, 4.69) is 5.32 Å². The summed E-state index contributed by atoms with van der Waals surface area (Å²) in [5.74, 6) is -0.375. The summed E-state index contributed by atoms with van der Waals surface area (Å²) < 4.78 is 41.1. The Morgan fingerprint density at radius 1 is 1.47 bits per heavy atom. The van der Waals surface area contributed by atoms with E-state index in [1.165, 1.54) is 0 Å². The Hall–Kier alpha value is -0.820. The van der Waals surface area contributed by atoms with Crippen LogP contribution >= 0.6 is 0 Å². The molecule has 2 aliphatic rings. The standard InChI is InChI=1S/C10H15F3N2O2/c11-10(12,13)3-1-6(16)15-8-7(14)5-2-4-17-9(5)8/h5,7-9H,1-4,14H2,(H,15,16). The topological polar surface area (TPSA) is 64.3 Å². The second kappa shape index (κ2) is 4.45. The number of fused-ring (bicyclic) bond motifs is 1. The van der Waals surface area contributed by atoms with E-state index < -0.39 is 24.9 Å². The van der Waals surface area contributed by atoms with Crippen molar-refractivity contribution in [3.63, 3.8) is 0 Å². The second-order valence-corrected chi connectivity index (χ2v) is 4.57. The quantitative estimate of drug-likeness (QED) is 0.771. The van der Waals surface area contributed by atoms with Gasteiger partial charge in [0.15, 0.2) is 0 Å². The van der Waals surface area contributed by atoms with E-state index >= 15 is 0 Å². The average Bonchev–Trinajstić information content (AvgIpc) is 2.66. The first kappa shape index (κ1) is 12.6. The molecule has 3 N–H and O–H groups in total. The number of halogens is 3. The summed E-state index contributed by atoms with van der Waals surface area (Å²) in [6, 6.07) is -0.527. The van der Waals surface area contributed by atoms with Crippen LogP contribution in [0.1, 0.15) is 19.3 Å². The molecule has 98 valence electrons. The number of amides is 1. The molecule has 0 aromatic rings. The minimum atomic E-state index is -4.30. The first-order valence-corrected chi connectivity index (χ1v) is 5.62. The number of nitrogens with one attached hydrogen (secondary N) is 1. The maximum Gasteiger partial charge on any atom is 0.389 e. The van der Waals surface area contributed by atoms with Gasteiger partial charge in [0.1, 0.15) is 0 Å². The zero-order chi connectivity index (χ0) is 12.6. The summed E-state index contributed by atoms with van der Waals surface area (Å²) in [7, 11) is 0. The predicted molar refractivity (Wildman–Crippen MR) is 53.0 cm³/mol. The fourth-order valence-corrected chi connectivity index (χ4v) is 2.44. The maximum absolute atomic E-state index is 11.9. The van der Waals surface area contributed by atoms with Crippen molar-refractivity contribution in [3.8, 4) is 0 Å². The molecule has 1 aliphatic heterocycles. The molecule has 7 heteroatoms. The van der Waals surface area contributed by atoms with E-state index in [0.29, 0.717) is 6.61 Å². The molecule has 1 saturated heterocycles. The Kier molecular flexibility index (Phi) is 3.31. The van der Waals surface area contributed by atoms with Crippen molar-refractivity contribution in [3.05, 3.63) is 0 Å². The number of alkyl halides is 3. The molecule has 1 aliphatic carbocycles. The first-order valence-electron chi connectivity index (χ1n) is 5.62. The molecule has 4 unspecified atom stereocenters. The molecule has 2 fully saturated rings. The summed E-state index contributed by atoms with van der Waals surface area (Å²) in [4.78, 5) is 11.3. The third kappa shape index (κ3) is 2.71. The molecule has 17 heavy (non-hydrogen) atoms. The Bertz CT molecular complexity index is 308. The molecule has 0 spiro atoms. The minimum absolute atomic E-state index is 0.111. The van der Waals surface area contributed by atoms with Crippen LogP contribution in [0.2, 0.25) is 0 Å². The molecular weight excluding hydrogens is 237 g/mol. The van der Waals surface area contributed by atoms with Crippen LogP contribution in [0, 0.1) is 5.92 Å². The number of ether oxygens (including phenoxy) is 1. The fraction of sp³-hybridized carbons (Fsp3) is 0.900. The van der Waals surface area contributed by atoms with Gasteiger partial charge < -0.3 is 15.8 Å². The van der Waals surface area contributed by atoms with Crippen molar-refractivity contribution in [2.75, 3.05) is 6.61 Å². The van der Waals surface area contributed by atoms with Gasteiger partial charge in [-0.1, -0.05) is 0 Å². The molecule has 0 radical (unpaired) electrons.